The minimum atomic E-state index is 0.449. The molecule has 26 heavy (non-hydrogen) atoms. The van der Waals surface area contributed by atoms with Gasteiger partial charge in [-0.3, -0.25) is 5.10 Å². The maximum absolute atomic E-state index is 5.53. The zero-order valence-electron chi connectivity index (χ0n) is 14.7. The Labute approximate surface area is 157 Å². The number of nitrogens with zero attached hydrogens (tertiary/aromatic N) is 3. The van der Waals surface area contributed by atoms with E-state index in [1.165, 1.54) is 0 Å². The zero-order valence-corrected chi connectivity index (χ0v) is 15.5. The fourth-order valence-electron chi connectivity index (χ4n) is 2.50. The van der Waals surface area contributed by atoms with Crippen LogP contribution in [0.4, 0.5) is 0 Å². The summed E-state index contributed by atoms with van der Waals surface area (Å²) in [5.41, 5.74) is 2.01. The van der Waals surface area contributed by atoms with Crippen molar-refractivity contribution in [3.8, 4) is 11.5 Å². The van der Waals surface area contributed by atoms with E-state index >= 15 is 0 Å². The molecule has 0 radical (unpaired) electrons. The van der Waals surface area contributed by atoms with Gasteiger partial charge in [0, 0.05) is 6.42 Å². The molecule has 0 saturated heterocycles. The number of aromatic amines is 1. The largest absolute Gasteiger partial charge is 0.493 e. The lowest BCUT2D eigenvalue weighted by Crippen LogP contribution is -2.01. The van der Waals surface area contributed by atoms with Crippen LogP contribution in [-0.4, -0.2) is 34.8 Å². The van der Waals surface area contributed by atoms with Crippen molar-refractivity contribution in [2.24, 2.45) is 5.10 Å². The number of benzene rings is 2. The van der Waals surface area contributed by atoms with Gasteiger partial charge in [0.1, 0.15) is 0 Å². The van der Waals surface area contributed by atoms with Crippen LogP contribution in [0.15, 0.2) is 53.6 Å². The third kappa shape index (κ3) is 4.18. The van der Waals surface area contributed by atoms with Crippen LogP contribution in [0.2, 0.25) is 0 Å². The Kier molecular flexibility index (Phi) is 5.80. The molecule has 0 unspecified atom stereocenters. The predicted molar refractivity (Wildman–Crippen MR) is 104 cm³/mol. The van der Waals surface area contributed by atoms with Crippen LogP contribution in [0.1, 0.15) is 23.9 Å². The van der Waals surface area contributed by atoms with Gasteiger partial charge in [-0.25, -0.2) is 0 Å². The highest BCUT2D eigenvalue weighted by molar-refractivity contribution is 7.71. The number of H-pyrrole nitrogens is 1. The molecule has 3 aromatic rings. The van der Waals surface area contributed by atoms with Gasteiger partial charge in [0.25, 0.3) is 0 Å². The molecule has 0 aliphatic heterocycles. The molecule has 134 valence electrons. The predicted octanol–water partition coefficient (Wildman–Crippen LogP) is 3.82. The van der Waals surface area contributed by atoms with E-state index in [-0.39, 0.29) is 0 Å². The van der Waals surface area contributed by atoms with E-state index in [9.17, 15) is 0 Å². The van der Waals surface area contributed by atoms with Gasteiger partial charge in [0.2, 0.25) is 4.77 Å². The van der Waals surface area contributed by atoms with Crippen molar-refractivity contribution in [2.75, 3.05) is 13.7 Å². The second-order valence-corrected chi connectivity index (χ2v) is 5.89. The summed E-state index contributed by atoms with van der Waals surface area (Å²) >= 11 is 5.29. The first kappa shape index (κ1) is 17.9. The van der Waals surface area contributed by atoms with Crippen molar-refractivity contribution >= 4 is 18.4 Å². The van der Waals surface area contributed by atoms with Gasteiger partial charge < -0.3 is 9.47 Å². The fraction of sp³-hybridized carbons (Fsp3) is 0.211. The summed E-state index contributed by atoms with van der Waals surface area (Å²) in [6, 6.07) is 15.7. The number of hydrogen-bond acceptors (Lipinski definition) is 5. The summed E-state index contributed by atoms with van der Waals surface area (Å²) < 4.78 is 13.0. The Balaban J connectivity index is 1.85. The van der Waals surface area contributed by atoms with Crippen molar-refractivity contribution in [1.29, 1.82) is 0 Å². The second-order valence-electron chi connectivity index (χ2n) is 5.51. The lowest BCUT2D eigenvalue weighted by Gasteiger charge is -2.09. The fourth-order valence-corrected chi connectivity index (χ4v) is 2.70. The van der Waals surface area contributed by atoms with E-state index in [1.807, 2.05) is 55.5 Å². The minimum Gasteiger partial charge on any atom is -0.493 e. The highest BCUT2D eigenvalue weighted by Gasteiger charge is 2.07. The quantitative estimate of drug-likeness (QED) is 0.509. The SMILES string of the molecule is CCOc1ccc(/C=N\n2c(Cc3ccccc3)n[nH]c2=S)cc1OC. The topological polar surface area (TPSA) is 64.4 Å². The Morgan fingerprint density at radius 2 is 2.00 bits per heavy atom. The van der Waals surface area contributed by atoms with Crippen molar-refractivity contribution in [3.63, 3.8) is 0 Å². The molecule has 1 heterocycles. The van der Waals surface area contributed by atoms with E-state index in [0.29, 0.717) is 29.3 Å². The van der Waals surface area contributed by atoms with E-state index in [4.69, 9.17) is 21.7 Å². The lowest BCUT2D eigenvalue weighted by molar-refractivity contribution is 0.311. The molecule has 1 N–H and O–H groups in total. The van der Waals surface area contributed by atoms with Crippen LogP contribution in [0.5, 0.6) is 11.5 Å². The normalized spacial score (nSPS) is 11.0. The van der Waals surface area contributed by atoms with Crippen LogP contribution in [0, 0.1) is 4.77 Å². The van der Waals surface area contributed by atoms with Gasteiger partial charge in [0.05, 0.1) is 19.9 Å². The summed E-state index contributed by atoms with van der Waals surface area (Å²) in [6.45, 7) is 2.51. The van der Waals surface area contributed by atoms with Crippen molar-refractivity contribution in [1.82, 2.24) is 14.9 Å². The average Bonchev–Trinajstić information content (AvgIpc) is 3.01. The Hall–Kier alpha value is -2.93. The highest BCUT2D eigenvalue weighted by atomic mass is 32.1. The molecule has 7 heteroatoms. The molecule has 0 atom stereocenters. The second kappa shape index (κ2) is 8.44. The van der Waals surface area contributed by atoms with Crippen molar-refractivity contribution < 1.29 is 9.47 Å². The molecule has 3 rings (SSSR count). The lowest BCUT2D eigenvalue weighted by atomic mass is 10.1. The Morgan fingerprint density at radius 1 is 1.19 bits per heavy atom. The van der Waals surface area contributed by atoms with Gasteiger partial charge in [-0.1, -0.05) is 30.3 Å². The summed E-state index contributed by atoms with van der Waals surface area (Å²) in [7, 11) is 1.61. The van der Waals surface area contributed by atoms with Gasteiger partial charge in [-0.15, -0.1) is 0 Å². The monoisotopic (exact) mass is 368 g/mol. The Bertz CT molecular complexity index is 948. The molecule has 0 aliphatic rings. The van der Waals surface area contributed by atoms with Crippen LogP contribution < -0.4 is 9.47 Å². The molecule has 0 saturated carbocycles. The number of hydrogen-bond donors (Lipinski definition) is 1. The summed E-state index contributed by atoms with van der Waals surface area (Å²) in [5, 5.41) is 11.6. The Morgan fingerprint density at radius 3 is 2.73 bits per heavy atom. The smallest absolute Gasteiger partial charge is 0.216 e. The third-order valence-electron chi connectivity index (χ3n) is 3.73. The molecule has 6 nitrogen and oxygen atoms in total. The van der Waals surface area contributed by atoms with Gasteiger partial charge in [-0.05, 0) is 48.5 Å². The summed E-state index contributed by atoms with van der Waals surface area (Å²) in [6.07, 6.45) is 2.36. The van der Waals surface area contributed by atoms with E-state index in [1.54, 1.807) is 18.0 Å². The van der Waals surface area contributed by atoms with E-state index in [0.717, 1.165) is 17.0 Å². The molecule has 0 amide bonds. The molecular weight excluding hydrogens is 348 g/mol. The molecule has 0 aliphatic carbocycles. The van der Waals surface area contributed by atoms with Crippen molar-refractivity contribution in [3.05, 3.63) is 70.3 Å². The minimum absolute atomic E-state index is 0.449. The first-order valence-corrected chi connectivity index (χ1v) is 8.67. The van der Waals surface area contributed by atoms with E-state index < -0.39 is 0 Å². The standard InChI is InChI=1S/C19H20N4O2S/c1-3-25-16-10-9-15(11-17(16)24-2)13-20-23-18(21-22-19(23)26)12-14-7-5-4-6-8-14/h4-11,13H,3,12H2,1-2H3,(H,22,26)/b20-13-. The van der Waals surface area contributed by atoms with Crippen LogP contribution in [-0.2, 0) is 6.42 Å². The number of ether oxygens (including phenoxy) is 2. The van der Waals surface area contributed by atoms with Gasteiger partial charge in [0.15, 0.2) is 17.3 Å². The van der Waals surface area contributed by atoms with Gasteiger partial charge in [-0.2, -0.15) is 14.9 Å². The number of aromatic nitrogens is 3. The molecule has 0 spiro atoms. The van der Waals surface area contributed by atoms with Crippen LogP contribution in [0.3, 0.4) is 0 Å². The van der Waals surface area contributed by atoms with Crippen LogP contribution >= 0.6 is 12.2 Å². The summed E-state index contributed by atoms with van der Waals surface area (Å²) in [4.78, 5) is 0. The summed E-state index contributed by atoms with van der Waals surface area (Å²) in [5.74, 6) is 2.11. The number of methoxy groups -OCH3 is 1. The molecule has 1 aromatic heterocycles. The average molecular weight is 368 g/mol. The third-order valence-corrected chi connectivity index (χ3v) is 4.00. The molecule has 0 bridgehead atoms. The number of rotatable bonds is 7. The number of nitrogens with one attached hydrogen (secondary N) is 1. The van der Waals surface area contributed by atoms with E-state index in [2.05, 4.69) is 15.3 Å². The molecule has 2 aromatic carbocycles. The van der Waals surface area contributed by atoms with Crippen LogP contribution in [0.25, 0.3) is 0 Å². The highest BCUT2D eigenvalue weighted by Crippen LogP contribution is 2.27. The maximum Gasteiger partial charge on any atom is 0.216 e. The maximum atomic E-state index is 5.53. The van der Waals surface area contributed by atoms with Gasteiger partial charge >= 0.3 is 0 Å². The first-order valence-electron chi connectivity index (χ1n) is 8.26. The zero-order chi connectivity index (χ0) is 18.4. The first-order chi connectivity index (χ1) is 12.7. The molecule has 0 fully saturated rings. The van der Waals surface area contributed by atoms with Crippen molar-refractivity contribution in [2.45, 2.75) is 13.3 Å². The molecular formula is C19H20N4O2S.